The molecule has 0 aliphatic carbocycles. The van der Waals surface area contributed by atoms with Crippen molar-refractivity contribution in [3.8, 4) is 6.07 Å². The first-order valence-electron chi connectivity index (χ1n) is 4.27. The summed E-state index contributed by atoms with van der Waals surface area (Å²) in [5.74, 6) is 0. The van der Waals surface area contributed by atoms with Crippen molar-refractivity contribution in [2.45, 2.75) is 19.0 Å². The quantitative estimate of drug-likeness (QED) is 0.769. The second kappa shape index (κ2) is 4.22. The number of anilines is 1. The Balaban J connectivity index is 2.76. The van der Waals surface area contributed by atoms with Crippen molar-refractivity contribution in [2.75, 3.05) is 5.73 Å². The average Bonchev–Trinajstić information content (AvgIpc) is 2.15. The molecule has 2 N–H and O–H groups in total. The van der Waals surface area contributed by atoms with Gasteiger partial charge in [0.1, 0.15) is 6.07 Å². The molecule has 0 unspecified atom stereocenters. The van der Waals surface area contributed by atoms with Crippen LogP contribution in [0.2, 0.25) is 0 Å². The van der Waals surface area contributed by atoms with E-state index in [1.807, 2.05) is 6.07 Å². The van der Waals surface area contributed by atoms with E-state index in [9.17, 15) is 13.2 Å². The van der Waals surface area contributed by atoms with Crippen molar-refractivity contribution in [3.63, 3.8) is 0 Å². The lowest BCUT2D eigenvalue weighted by molar-refractivity contribution is -0.133. The van der Waals surface area contributed by atoms with Crippen LogP contribution >= 0.6 is 0 Å². The van der Waals surface area contributed by atoms with Gasteiger partial charge in [0.25, 0.3) is 0 Å². The molecule has 0 radical (unpaired) electrons. The van der Waals surface area contributed by atoms with E-state index < -0.39 is 12.6 Å². The first-order valence-corrected chi connectivity index (χ1v) is 4.27. The Kier molecular flexibility index (Phi) is 3.20. The minimum atomic E-state index is -4.17. The lowest BCUT2D eigenvalue weighted by Gasteiger charge is -2.06. The summed E-state index contributed by atoms with van der Waals surface area (Å²) in [5.41, 5.74) is 6.41. The van der Waals surface area contributed by atoms with Crippen LogP contribution in [0.15, 0.2) is 18.2 Å². The SMILES string of the molecule is N#Cc1cc(CCC(F)(F)F)ccc1N. The van der Waals surface area contributed by atoms with E-state index >= 15 is 0 Å². The van der Waals surface area contributed by atoms with E-state index in [4.69, 9.17) is 11.0 Å². The molecular weight excluding hydrogens is 205 g/mol. The van der Waals surface area contributed by atoms with Gasteiger partial charge >= 0.3 is 6.18 Å². The van der Waals surface area contributed by atoms with Crippen LogP contribution in [0.3, 0.4) is 0 Å². The fraction of sp³-hybridized carbons (Fsp3) is 0.300. The number of nitrogens with two attached hydrogens (primary N) is 1. The summed E-state index contributed by atoms with van der Waals surface area (Å²) in [6, 6.07) is 6.17. The maximum atomic E-state index is 11.9. The standard InChI is InChI=1S/C10H9F3N2/c11-10(12,13)4-3-7-1-2-9(15)8(5-7)6-14/h1-2,5H,3-4,15H2. The minimum absolute atomic E-state index is 0.127. The van der Waals surface area contributed by atoms with Gasteiger partial charge in [-0.25, -0.2) is 0 Å². The van der Waals surface area contributed by atoms with Gasteiger partial charge in [-0.3, -0.25) is 0 Å². The number of nitriles is 1. The van der Waals surface area contributed by atoms with Gasteiger partial charge in [-0.1, -0.05) is 6.07 Å². The van der Waals surface area contributed by atoms with Crippen LogP contribution in [0.1, 0.15) is 17.5 Å². The van der Waals surface area contributed by atoms with Crippen LogP contribution in [0, 0.1) is 11.3 Å². The number of benzene rings is 1. The van der Waals surface area contributed by atoms with Crippen molar-refractivity contribution in [1.29, 1.82) is 5.26 Å². The molecule has 5 heteroatoms. The zero-order chi connectivity index (χ0) is 11.5. The highest BCUT2D eigenvalue weighted by Gasteiger charge is 2.26. The molecule has 80 valence electrons. The molecule has 0 aliphatic rings. The number of aryl methyl sites for hydroxylation is 1. The molecule has 0 saturated heterocycles. The van der Waals surface area contributed by atoms with E-state index in [2.05, 4.69) is 0 Å². The first kappa shape index (κ1) is 11.4. The van der Waals surface area contributed by atoms with Gasteiger partial charge in [-0.15, -0.1) is 0 Å². The monoisotopic (exact) mass is 214 g/mol. The fourth-order valence-electron chi connectivity index (χ4n) is 1.14. The summed E-state index contributed by atoms with van der Waals surface area (Å²) >= 11 is 0. The third-order valence-corrected chi connectivity index (χ3v) is 1.94. The molecule has 0 bridgehead atoms. The lowest BCUT2D eigenvalue weighted by Crippen LogP contribution is -2.08. The normalized spacial score (nSPS) is 11.1. The molecule has 0 aliphatic heterocycles. The van der Waals surface area contributed by atoms with Crippen LogP contribution in [0.25, 0.3) is 0 Å². The van der Waals surface area contributed by atoms with Gasteiger partial charge in [0, 0.05) is 12.1 Å². The Hall–Kier alpha value is -1.70. The number of hydrogen-bond donors (Lipinski definition) is 1. The Labute approximate surface area is 85.1 Å². The third kappa shape index (κ3) is 3.50. The summed E-state index contributed by atoms with van der Waals surface area (Å²) in [7, 11) is 0. The maximum Gasteiger partial charge on any atom is 0.389 e. The van der Waals surface area contributed by atoms with Crippen molar-refractivity contribution in [2.24, 2.45) is 0 Å². The molecule has 0 heterocycles. The second-order valence-electron chi connectivity index (χ2n) is 3.15. The minimum Gasteiger partial charge on any atom is -0.398 e. The number of halogens is 3. The van der Waals surface area contributed by atoms with Gasteiger partial charge in [-0.2, -0.15) is 18.4 Å². The topological polar surface area (TPSA) is 49.8 Å². The molecule has 2 nitrogen and oxygen atoms in total. The molecule has 0 aromatic heterocycles. The highest BCUT2D eigenvalue weighted by Crippen LogP contribution is 2.23. The van der Waals surface area contributed by atoms with Crippen LogP contribution < -0.4 is 5.73 Å². The number of nitrogens with zero attached hydrogens (tertiary/aromatic N) is 1. The predicted molar refractivity (Wildman–Crippen MR) is 49.9 cm³/mol. The summed E-state index contributed by atoms with van der Waals surface area (Å²) in [5, 5.41) is 8.62. The van der Waals surface area contributed by atoms with Gasteiger partial charge in [0.2, 0.25) is 0 Å². The van der Waals surface area contributed by atoms with Gasteiger partial charge in [0.15, 0.2) is 0 Å². The van der Waals surface area contributed by atoms with Crippen LogP contribution in [0.5, 0.6) is 0 Å². The first-order chi connectivity index (χ1) is 6.92. The number of hydrogen-bond acceptors (Lipinski definition) is 2. The highest BCUT2D eigenvalue weighted by molar-refractivity contribution is 5.55. The average molecular weight is 214 g/mol. The molecule has 0 spiro atoms. The lowest BCUT2D eigenvalue weighted by atomic mass is 10.1. The van der Waals surface area contributed by atoms with Crippen LogP contribution in [0.4, 0.5) is 18.9 Å². The van der Waals surface area contributed by atoms with Crippen LogP contribution in [-0.4, -0.2) is 6.18 Å². The van der Waals surface area contributed by atoms with Crippen molar-refractivity contribution in [3.05, 3.63) is 29.3 Å². The zero-order valence-corrected chi connectivity index (χ0v) is 7.80. The summed E-state index contributed by atoms with van der Waals surface area (Å²) < 4.78 is 35.7. The fourth-order valence-corrected chi connectivity index (χ4v) is 1.14. The Morgan fingerprint density at radius 1 is 1.33 bits per heavy atom. The Morgan fingerprint density at radius 3 is 2.53 bits per heavy atom. The summed E-state index contributed by atoms with van der Waals surface area (Å²) in [6.07, 6.45) is -5.19. The van der Waals surface area contributed by atoms with E-state index in [1.54, 1.807) is 0 Å². The van der Waals surface area contributed by atoms with Gasteiger partial charge in [-0.05, 0) is 24.1 Å². The second-order valence-corrected chi connectivity index (χ2v) is 3.15. The maximum absolute atomic E-state index is 11.9. The number of nitrogen functional groups attached to an aromatic ring is 1. The van der Waals surface area contributed by atoms with Gasteiger partial charge in [0.05, 0.1) is 5.56 Å². The molecule has 0 amide bonds. The predicted octanol–water partition coefficient (Wildman–Crippen LogP) is 2.64. The third-order valence-electron chi connectivity index (χ3n) is 1.94. The molecule has 1 aromatic rings. The zero-order valence-electron chi connectivity index (χ0n) is 7.80. The Morgan fingerprint density at radius 2 is 2.00 bits per heavy atom. The van der Waals surface area contributed by atoms with Crippen LogP contribution in [-0.2, 0) is 6.42 Å². The molecule has 15 heavy (non-hydrogen) atoms. The molecule has 1 aromatic carbocycles. The van der Waals surface area contributed by atoms with E-state index in [1.165, 1.54) is 18.2 Å². The molecule has 0 saturated carbocycles. The van der Waals surface area contributed by atoms with Gasteiger partial charge < -0.3 is 5.73 Å². The van der Waals surface area contributed by atoms with Crippen molar-refractivity contribution < 1.29 is 13.2 Å². The van der Waals surface area contributed by atoms with Crippen molar-refractivity contribution in [1.82, 2.24) is 0 Å². The molecule has 1 rings (SSSR count). The largest absolute Gasteiger partial charge is 0.398 e. The van der Waals surface area contributed by atoms with E-state index in [0.717, 1.165) is 0 Å². The Bertz CT molecular complexity index is 391. The molecular formula is C10H9F3N2. The van der Waals surface area contributed by atoms with E-state index in [0.29, 0.717) is 5.56 Å². The van der Waals surface area contributed by atoms with Crippen molar-refractivity contribution >= 4 is 5.69 Å². The molecule has 0 atom stereocenters. The smallest absolute Gasteiger partial charge is 0.389 e. The highest BCUT2D eigenvalue weighted by atomic mass is 19.4. The summed E-state index contributed by atoms with van der Waals surface area (Å²) in [6.45, 7) is 0. The number of alkyl halides is 3. The molecule has 0 fully saturated rings. The number of rotatable bonds is 2. The van der Waals surface area contributed by atoms with E-state index in [-0.39, 0.29) is 17.7 Å². The summed E-state index contributed by atoms with van der Waals surface area (Å²) in [4.78, 5) is 0.